The summed E-state index contributed by atoms with van der Waals surface area (Å²) in [6.07, 6.45) is 5.48. The van der Waals surface area contributed by atoms with Crippen molar-refractivity contribution in [2.45, 2.75) is 12.5 Å². The van der Waals surface area contributed by atoms with E-state index in [2.05, 4.69) is 36.4 Å². The van der Waals surface area contributed by atoms with Crippen LogP contribution in [0.15, 0.2) is 36.4 Å². The molecule has 0 aromatic heterocycles. The van der Waals surface area contributed by atoms with E-state index < -0.39 is 0 Å². The Morgan fingerprint density at radius 2 is 2.17 bits per heavy atom. The lowest BCUT2D eigenvalue weighted by Crippen LogP contribution is -2.05. The van der Waals surface area contributed by atoms with Crippen LogP contribution < -0.4 is 0 Å². The predicted molar refractivity (Wildman–Crippen MR) is 49.0 cm³/mol. The predicted octanol–water partition coefficient (Wildman–Crippen LogP) is 2.49. The van der Waals surface area contributed by atoms with Crippen molar-refractivity contribution < 1.29 is 4.74 Å². The number of allylic oxidation sites excluding steroid dienone is 1. The maximum Gasteiger partial charge on any atom is 0.101 e. The summed E-state index contributed by atoms with van der Waals surface area (Å²) in [6, 6.07) is 8.42. The van der Waals surface area contributed by atoms with Gasteiger partial charge in [-0.3, -0.25) is 0 Å². The van der Waals surface area contributed by atoms with Gasteiger partial charge < -0.3 is 4.74 Å². The second kappa shape index (κ2) is 3.11. The molecule has 1 unspecified atom stereocenters. The van der Waals surface area contributed by atoms with E-state index in [4.69, 9.17) is 4.74 Å². The summed E-state index contributed by atoms with van der Waals surface area (Å²) in [5.74, 6) is 0. The van der Waals surface area contributed by atoms with Crippen molar-refractivity contribution in [3.05, 3.63) is 47.5 Å². The molecule has 1 nitrogen and oxygen atoms in total. The lowest BCUT2D eigenvalue weighted by Gasteiger charge is -2.18. The fraction of sp³-hybridized carbons (Fsp3) is 0.273. The van der Waals surface area contributed by atoms with Crippen molar-refractivity contribution in [3.8, 4) is 0 Å². The van der Waals surface area contributed by atoms with Gasteiger partial charge in [0.1, 0.15) is 6.10 Å². The van der Waals surface area contributed by atoms with Gasteiger partial charge in [0.05, 0.1) is 0 Å². The van der Waals surface area contributed by atoms with Crippen LogP contribution in [0.1, 0.15) is 17.2 Å². The summed E-state index contributed by atoms with van der Waals surface area (Å²) in [5.41, 5.74) is 2.69. The molecule has 1 aromatic carbocycles. The van der Waals surface area contributed by atoms with Crippen LogP contribution in [0.3, 0.4) is 0 Å². The van der Waals surface area contributed by atoms with Gasteiger partial charge in [0.15, 0.2) is 0 Å². The Morgan fingerprint density at radius 1 is 1.33 bits per heavy atom. The maximum absolute atomic E-state index is 5.33. The molecule has 0 saturated heterocycles. The summed E-state index contributed by atoms with van der Waals surface area (Å²) in [5, 5.41) is 0. The van der Waals surface area contributed by atoms with Gasteiger partial charge in [0, 0.05) is 7.11 Å². The molecule has 0 heterocycles. The summed E-state index contributed by atoms with van der Waals surface area (Å²) < 4.78 is 5.33. The molecule has 1 aliphatic rings. The van der Waals surface area contributed by atoms with Crippen LogP contribution in [-0.2, 0) is 11.2 Å². The van der Waals surface area contributed by atoms with Crippen molar-refractivity contribution in [1.82, 2.24) is 0 Å². The first kappa shape index (κ1) is 7.56. The lowest BCUT2D eigenvalue weighted by molar-refractivity contribution is 0.140. The second-order valence-electron chi connectivity index (χ2n) is 2.99. The monoisotopic (exact) mass is 160 g/mol. The number of methoxy groups -OCH3 is 1. The van der Waals surface area contributed by atoms with Gasteiger partial charge in [-0.15, -0.1) is 0 Å². The highest BCUT2D eigenvalue weighted by Gasteiger charge is 2.13. The smallest absolute Gasteiger partial charge is 0.101 e. The molecule has 1 aliphatic carbocycles. The number of hydrogen-bond donors (Lipinski definition) is 0. The Labute approximate surface area is 72.7 Å². The summed E-state index contributed by atoms with van der Waals surface area (Å²) in [7, 11) is 1.75. The first-order chi connectivity index (χ1) is 5.92. The van der Waals surface area contributed by atoms with Gasteiger partial charge in [-0.1, -0.05) is 36.4 Å². The van der Waals surface area contributed by atoms with Gasteiger partial charge in [-0.05, 0) is 17.5 Å². The fourth-order valence-electron chi connectivity index (χ4n) is 1.63. The highest BCUT2D eigenvalue weighted by atomic mass is 16.5. The molecule has 0 N–H and O–H groups in total. The Bertz CT molecular complexity index is 302. The van der Waals surface area contributed by atoms with E-state index in [1.165, 1.54) is 11.1 Å². The summed E-state index contributed by atoms with van der Waals surface area (Å²) in [4.78, 5) is 0. The molecule has 1 aromatic rings. The van der Waals surface area contributed by atoms with E-state index in [0.29, 0.717) is 0 Å². The molecular formula is C11H12O. The molecule has 62 valence electrons. The normalized spacial score (nSPS) is 20.6. The number of hydrogen-bond acceptors (Lipinski definition) is 1. The Hall–Kier alpha value is -1.08. The molecule has 0 aliphatic heterocycles. The Balaban J connectivity index is 2.43. The molecular weight excluding hydrogens is 148 g/mol. The number of benzene rings is 1. The van der Waals surface area contributed by atoms with Crippen LogP contribution in [0.5, 0.6) is 0 Å². The zero-order chi connectivity index (χ0) is 8.39. The van der Waals surface area contributed by atoms with Gasteiger partial charge >= 0.3 is 0 Å². The topological polar surface area (TPSA) is 9.23 Å². The van der Waals surface area contributed by atoms with Crippen LogP contribution >= 0.6 is 0 Å². The zero-order valence-corrected chi connectivity index (χ0v) is 7.16. The van der Waals surface area contributed by atoms with E-state index >= 15 is 0 Å². The Morgan fingerprint density at radius 3 is 3.00 bits per heavy atom. The molecule has 1 heteroatoms. The molecule has 0 spiro atoms. The van der Waals surface area contributed by atoms with Crippen molar-refractivity contribution in [2.24, 2.45) is 0 Å². The van der Waals surface area contributed by atoms with Crippen LogP contribution in [-0.4, -0.2) is 7.11 Å². The summed E-state index contributed by atoms with van der Waals surface area (Å²) in [6.45, 7) is 0. The van der Waals surface area contributed by atoms with Crippen molar-refractivity contribution in [1.29, 1.82) is 0 Å². The van der Waals surface area contributed by atoms with Gasteiger partial charge in [0.25, 0.3) is 0 Å². The average Bonchev–Trinajstić information content (AvgIpc) is 2.17. The molecule has 1 atom stereocenters. The SMILES string of the molecule is COC1C=CCc2ccccc21. The minimum atomic E-state index is 0.162. The molecule has 0 amide bonds. The van der Waals surface area contributed by atoms with Gasteiger partial charge in [0.2, 0.25) is 0 Å². The number of rotatable bonds is 1. The molecule has 0 radical (unpaired) electrons. The molecule has 0 saturated carbocycles. The Kier molecular flexibility index (Phi) is 1.96. The average molecular weight is 160 g/mol. The van der Waals surface area contributed by atoms with E-state index in [1.807, 2.05) is 0 Å². The van der Waals surface area contributed by atoms with Crippen molar-refractivity contribution in [2.75, 3.05) is 7.11 Å². The zero-order valence-electron chi connectivity index (χ0n) is 7.16. The van der Waals surface area contributed by atoms with E-state index in [1.54, 1.807) is 7.11 Å². The lowest BCUT2D eigenvalue weighted by atomic mass is 9.95. The number of fused-ring (bicyclic) bond motifs is 1. The van der Waals surface area contributed by atoms with E-state index in [0.717, 1.165) is 6.42 Å². The molecule has 0 bridgehead atoms. The molecule has 12 heavy (non-hydrogen) atoms. The van der Waals surface area contributed by atoms with Gasteiger partial charge in [-0.25, -0.2) is 0 Å². The van der Waals surface area contributed by atoms with Crippen LogP contribution in [0.25, 0.3) is 0 Å². The van der Waals surface area contributed by atoms with Gasteiger partial charge in [-0.2, -0.15) is 0 Å². The first-order valence-electron chi connectivity index (χ1n) is 4.19. The third-order valence-electron chi connectivity index (χ3n) is 2.26. The number of ether oxygens (including phenoxy) is 1. The van der Waals surface area contributed by atoms with Crippen LogP contribution in [0.2, 0.25) is 0 Å². The standard InChI is InChI=1S/C11H12O/c1-12-11-8-4-6-9-5-2-3-7-10(9)11/h2-5,7-8,11H,6H2,1H3. The van der Waals surface area contributed by atoms with E-state index in [-0.39, 0.29) is 6.10 Å². The largest absolute Gasteiger partial charge is 0.373 e. The van der Waals surface area contributed by atoms with Crippen molar-refractivity contribution in [3.63, 3.8) is 0 Å². The maximum atomic E-state index is 5.33. The highest BCUT2D eigenvalue weighted by molar-refractivity contribution is 5.36. The minimum absolute atomic E-state index is 0.162. The molecule has 2 rings (SSSR count). The van der Waals surface area contributed by atoms with Crippen molar-refractivity contribution >= 4 is 0 Å². The summed E-state index contributed by atoms with van der Waals surface area (Å²) >= 11 is 0. The quantitative estimate of drug-likeness (QED) is 0.573. The fourth-order valence-corrected chi connectivity index (χ4v) is 1.63. The van der Waals surface area contributed by atoms with Crippen LogP contribution in [0, 0.1) is 0 Å². The second-order valence-corrected chi connectivity index (χ2v) is 2.99. The third kappa shape index (κ3) is 1.16. The third-order valence-corrected chi connectivity index (χ3v) is 2.26. The van der Waals surface area contributed by atoms with Crippen LogP contribution in [0.4, 0.5) is 0 Å². The van der Waals surface area contributed by atoms with E-state index in [9.17, 15) is 0 Å². The molecule has 0 fully saturated rings. The minimum Gasteiger partial charge on any atom is -0.373 e. The highest BCUT2D eigenvalue weighted by Crippen LogP contribution is 2.26. The first-order valence-corrected chi connectivity index (χ1v) is 4.19.